The summed E-state index contributed by atoms with van der Waals surface area (Å²) in [7, 11) is -4.34. The van der Waals surface area contributed by atoms with E-state index in [-0.39, 0.29) is 33.7 Å². The number of H-pyrrole nitrogens is 1. The zero-order chi connectivity index (χ0) is 42.3. The zero-order valence-corrected chi connectivity index (χ0v) is 35.6. The number of piperidine rings is 2. The predicted molar refractivity (Wildman–Crippen MR) is 236 cm³/mol. The molecule has 1 aliphatic carbocycles. The first-order valence-electron chi connectivity index (χ1n) is 21.6. The summed E-state index contributed by atoms with van der Waals surface area (Å²) in [5.41, 5.74) is 11.0. The minimum Gasteiger partial charge on any atom is -0.455 e. The summed E-state index contributed by atoms with van der Waals surface area (Å²) in [5.74, 6) is 1.10. The van der Waals surface area contributed by atoms with E-state index in [0.29, 0.717) is 65.8 Å². The fraction of sp³-hybridized carbons (Fsp3) is 0.435. The maximum atomic E-state index is 13.9. The lowest BCUT2D eigenvalue weighted by atomic mass is 9.60. The first-order valence-corrected chi connectivity index (χ1v) is 23.1. The van der Waals surface area contributed by atoms with E-state index in [1.807, 2.05) is 12.1 Å². The minimum absolute atomic E-state index is 0.0400. The summed E-state index contributed by atoms with van der Waals surface area (Å²) in [6.45, 7) is 8.52. The number of nitrogens with two attached hydrogens (primary N) is 1. The van der Waals surface area contributed by atoms with E-state index in [9.17, 15) is 18.0 Å². The normalized spacial score (nSPS) is 20.8. The Balaban J connectivity index is 0.884. The number of benzene rings is 2. The molecule has 9 rings (SSSR count). The largest absolute Gasteiger partial charge is 0.455 e. The van der Waals surface area contributed by atoms with Crippen molar-refractivity contribution in [3.05, 3.63) is 95.9 Å². The number of rotatable bonds is 12. The van der Waals surface area contributed by atoms with Gasteiger partial charge in [-0.15, -0.1) is 0 Å². The lowest BCUT2D eigenvalue weighted by Crippen LogP contribution is -2.55. The van der Waals surface area contributed by atoms with Gasteiger partial charge in [-0.05, 0) is 110 Å². The second-order valence-corrected chi connectivity index (χ2v) is 19.4. The van der Waals surface area contributed by atoms with Crippen molar-refractivity contribution < 1.29 is 22.7 Å². The van der Waals surface area contributed by atoms with Gasteiger partial charge in [0.2, 0.25) is 5.91 Å². The van der Waals surface area contributed by atoms with E-state index in [0.717, 1.165) is 44.3 Å². The van der Waals surface area contributed by atoms with Crippen LogP contribution in [0.4, 0.5) is 17.2 Å². The summed E-state index contributed by atoms with van der Waals surface area (Å²) in [4.78, 5) is 42.5. The maximum absolute atomic E-state index is 13.9. The number of hydrogen-bond donors (Lipinski definition) is 5. The van der Waals surface area contributed by atoms with E-state index in [1.54, 1.807) is 24.5 Å². The highest BCUT2D eigenvalue weighted by Crippen LogP contribution is 2.54. The average Bonchev–Trinajstić information content (AvgIpc) is 3.93. The molecule has 3 saturated heterocycles. The van der Waals surface area contributed by atoms with Crippen LogP contribution >= 0.6 is 0 Å². The van der Waals surface area contributed by atoms with Gasteiger partial charge in [0.1, 0.15) is 28.5 Å². The molecule has 1 saturated carbocycles. The number of anilines is 3. The zero-order valence-electron chi connectivity index (χ0n) is 34.8. The summed E-state index contributed by atoms with van der Waals surface area (Å²) in [6.07, 6.45) is 12.9. The number of carbonyl (C=O) groups excluding carboxylic acids is 2. The first kappa shape index (κ1) is 40.7. The number of sulfonamides is 1. The number of fused-ring (bicyclic) bond motifs is 1. The number of ether oxygens (including phenoxy) is 1. The quantitative estimate of drug-likeness (QED) is 0.0807. The van der Waals surface area contributed by atoms with E-state index in [4.69, 9.17) is 15.5 Å². The molecule has 0 bridgehead atoms. The van der Waals surface area contributed by atoms with Crippen LogP contribution in [0.2, 0.25) is 0 Å². The molecule has 4 aliphatic rings. The number of pyridine rings is 2. The fourth-order valence-corrected chi connectivity index (χ4v) is 11.0. The number of hydrogen-bond acceptors (Lipinski definition) is 11. The first-order chi connectivity index (χ1) is 29.4. The van der Waals surface area contributed by atoms with Crippen molar-refractivity contribution in [2.75, 3.05) is 48.7 Å². The second-order valence-electron chi connectivity index (χ2n) is 17.7. The van der Waals surface area contributed by atoms with Crippen molar-refractivity contribution in [1.82, 2.24) is 29.9 Å². The highest BCUT2D eigenvalue weighted by Gasteiger charge is 2.50. The molecule has 4 fully saturated rings. The Kier molecular flexibility index (Phi) is 11.1. The highest BCUT2D eigenvalue weighted by molar-refractivity contribution is 7.90. The predicted octanol–water partition coefficient (Wildman–Crippen LogP) is 7.10. The summed E-state index contributed by atoms with van der Waals surface area (Å²) < 4.78 is 35.8. The second kappa shape index (κ2) is 16.7. The van der Waals surface area contributed by atoms with Gasteiger partial charge in [-0.3, -0.25) is 14.5 Å². The monoisotopic (exact) mass is 845 g/mol. The van der Waals surface area contributed by atoms with Gasteiger partial charge in [-0.2, -0.15) is 0 Å². The third-order valence-electron chi connectivity index (χ3n) is 13.4. The van der Waals surface area contributed by atoms with E-state index in [2.05, 4.69) is 73.2 Å². The van der Waals surface area contributed by atoms with Gasteiger partial charge < -0.3 is 31.0 Å². The Morgan fingerprint density at radius 1 is 1.02 bits per heavy atom. The molecule has 2 aromatic carbocycles. The van der Waals surface area contributed by atoms with Crippen LogP contribution in [0.3, 0.4) is 0 Å². The van der Waals surface area contributed by atoms with Gasteiger partial charge in [0.05, 0.1) is 22.5 Å². The lowest BCUT2D eigenvalue weighted by molar-refractivity contribution is -0.122. The molecule has 3 aliphatic heterocycles. The molecule has 61 heavy (non-hydrogen) atoms. The van der Waals surface area contributed by atoms with Gasteiger partial charge in [0, 0.05) is 68.5 Å². The number of amides is 2. The van der Waals surface area contributed by atoms with Crippen molar-refractivity contribution in [1.29, 1.82) is 0 Å². The molecule has 6 heterocycles. The molecule has 5 aromatic rings. The van der Waals surface area contributed by atoms with Crippen LogP contribution in [0.25, 0.3) is 11.0 Å². The Labute approximate surface area is 357 Å². The highest BCUT2D eigenvalue weighted by atomic mass is 32.2. The van der Waals surface area contributed by atoms with E-state index in [1.165, 1.54) is 55.1 Å². The Hall–Kier alpha value is -5.67. The fourth-order valence-electron chi connectivity index (χ4n) is 9.97. The van der Waals surface area contributed by atoms with Gasteiger partial charge >= 0.3 is 0 Å². The number of nitrogens with zero attached hydrogens (tertiary/aromatic N) is 4. The van der Waals surface area contributed by atoms with Crippen molar-refractivity contribution >= 4 is 50.1 Å². The average molecular weight is 846 g/mol. The van der Waals surface area contributed by atoms with Crippen LogP contribution in [0.1, 0.15) is 98.7 Å². The molecule has 3 aromatic heterocycles. The summed E-state index contributed by atoms with van der Waals surface area (Å²) in [6, 6.07) is 19.8. The van der Waals surface area contributed by atoms with Gasteiger partial charge in [-0.25, -0.2) is 23.1 Å². The van der Waals surface area contributed by atoms with Crippen molar-refractivity contribution in [3.63, 3.8) is 0 Å². The van der Waals surface area contributed by atoms with E-state index >= 15 is 0 Å². The number of aromatic amines is 1. The number of aromatic nitrogens is 3. The van der Waals surface area contributed by atoms with Crippen molar-refractivity contribution in [2.24, 2.45) is 11.3 Å². The van der Waals surface area contributed by atoms with Crippen LogP contribution in [0, 0.1) is 11.3 Å². The molecule has 15 heteroatoms. The third-order valence-corrected chi connectivity index (χ3v) is 14.8. The Bertz CT molecular complexity index is 2530. The van der Waals surface area contributed by atoms with Gasteiger partial charge in [0.25, 0.3) is 15.9 Å². The summed E-state index contributed by atoms with van der Waals surface area (Å²) >= 11 is 0. The lowest BCUT2D eigenvalue weighted by Gasteiger charge is -2.56. The smallest absolute Gasteiger partial charge is 0.270 e. The molecule has 0 radical (unpaired) electrons. The molecule has 2 atom stereocenters. The SMILES string of the molecule is CC(C)c1ccccc1[C@@H]1CCCN1C1CC2(CCN(c3cc(Oc4cnc5[nH]ccc5c4)c(C(=O)NS(=O)(=O)c4ccc(NCC5CCC(=O)NC5)c(N)c4)cn3)CC2)C1. The van der Waals surface area contributed by atoms with Gasteiger partial charge in [-0.1, -0.05) is 38.1 Å². The van der Waals surface area contributed by atoms with Crippen LogP contribution in [0.15, 0.2) is 84.1 Å². The standard InChI is InChI=1S/C46H55N9O5S/c1-29(2)35-6-3-4-7-36(35)40-8-5-17-55(40)32-23-46(24-32)14-18-54(19-15-46)42-22-41(60-33-20-31-13-16-48-44(31)52-27-33)37(28-50-42)45(57)53-61(58,59)34-10-11-39(38(47)21-34)49-25-30-9-12-43(56)51-26-30/h3-4,6-7,10-11,13,16,20-22,27-30,32,40,49H,5,8-9,12,14-15,17-19,23-26,47H2,1-2H3,(H,48,52)(H,51,56)(H,53,57)/t30?,40-/m0/s1. The van der Waals surface area contributed by atoms with Crippen LogP contribution in [-0.4, -0.2) is 78.8 Å². The Morgan fingerprint density at radius 3 is 2.61 bits per heavy atom. The number of carbonyl (C=O) groups is 2. The topological polar surface area (TPSA) is 188 Å². The molecule has 320 valence electrons. The van der Waals surface area contributed by atoms with Crippen molar-refractivity contribution in [3.8, 4) is 11.5 Å². The molecule has 6 N–H and O–H groups in total. The molecule has 14 nitrogen and oxygen atoms in total. The van der Waals surface area contributed by atoms with Crippen LogP contribution < -0.4 is 30.7 Å². The third kappa shape index (κ3) is 8.50. The molecular weight excluding hydrogens is 791 g/mol. The minimum atomic E-state index is -4.34. The molecule has 2 amide bonds. The number of nitrogens with one attached hydrogen (secondary N) is 4. The molecule has 1 spiro atoms. The Morgan fingerprint density at radius 2 is 1.84 bits per heavy atom. The summed E-state index contributed by atoms with van der Waals surface area (Å²) in [5, 5.41) is 6.94. The van der Waals surface area contributed by atoms with Gasteiger partial charge in [0.15, 0.2) is 0 Å². The van der Waals surface area contributed by atoms with E-state index < -0.39 is 15.9 Å². The van der Waals surface area contributed by atoms with Crippen LogP contribution in [-0.2, 0) is 14.8 Å². The van der Waals surface area contributed by atoms with Crippen LogP contribution in [0.5, 0.6) is 11.5 Å². The maximum Gasteiger partial charge on any atom is 0.270 e. The number of nitrogen functional groups attached to an aromatic ring is 1. The molecular formula is C46H55N9O5S. The van der Waals surface area contributed by atoms with Crippen molar-refractivity contribution in [2.45, 2.75) is 88.1 Å². The number of likely N-dealkylation sites (tertiary alicyclic amines) is 1. The molecule has 1 unspecified atom stereocenters.